The number of hydrogen-bond acceptors (Lipinski definition) is 3. The number of fused-ring (bicyclic) bond motifs is 1. The average Bonchev–Trinajstić information content (AvgIpc) is 3.21. The van der Waals surface area contributed by atoms with Gasteiger partial charge in [-0.3, -0.25) is 15.1 Å². The standard InChI is InChI=1S/C18H12Cl2N4OS/c1-10-9-26-18-22-17(25)13(16(21)24(10)18)7-11-3-2-6-23(11)12-4-5-14(19)15(20)8-12/h2-9,21H,1H3/b13-7-,21-16?. The molecule has 0 atom stereocenters. The monoisotopic (exact) mass is 402 g/mol. The first-order valence-corrected chi connectivity index (χ1v) is 9.29. The Morgan fingerprint density at radius 3 is 2.81 bits per heavy atom. The summed E-state index contributed by atoms with van der Waals surface area (Å²) in [7, 11) is 0. The van der Waals surface area contributed by atoms with Crippen molar-refractivity contribution in [2.24, 2.45) is 4.99 Å². The Kier molecular flexibility index (Phi) is 4.26. The summed E-state index contributed by atoms with van der Waals surface area (Å²) in [4.78, 5) is 18.2. The van der Waals surface area contributed by atoms with Crippen LogP contribution in [0.4, 0.5) is 0 Å². The summed E-state index contributed by atoms with van der Waals surface area (Å²) in [6.07, 6.45) is 3.53. The van der Waals surface area contributed by atoms with E-state index in [4.69, 9.17) is 28.6 Å². The maximum absolute atomic E-state index is 12.4. The van der Waals surface area contributed by atoms with Gasteiger partial charge in [-0.05, 0) is 48.7 Å². The Bertz CT molecular complexity index is 1050. The molecule has 4 rings (SSSR count). The van der Waals surface area contributed by atoms with Crippen molar-refractivity contribution in [2.45, 2.75) is 6.92 Å². The Morgan fingerprint density at radius 1 is 1.23 bits per heavy atom. The first kappa shape index (κ1) is 17.1. The number of hydrogen-bond donors (Lipinski definition) is 1. The van der Waals surface area contributed by atoms with E-state index in [9.17, 15) is 4.79 Å². The Hall–Kier alpha value is -2.28. The van der Waals surface area contributed by atoms with Crippen LogP contribution in [0.3, 0.4) is 0 Å². The number of thioether (sulfide) groups is 1. The molecule has 0 bridgehead atoms. The number of allylic oxidation sites excluding steroid dienone is 1. The van der Waals surface area contributed by atoms with Gasteiger partial charge in [0.2, 0.25) is 0 Å². The second-order valence-corrected chi connectivity index (χ2v) is 7.37. The number of rotatable bonds is 2. The minimum Gasteiger partial charge on any atom is -0.317 e. The molecule has 0 radical (unpaired) electrons. The number of amides is 1. The van der Waals surface area contributed by atoms with Crippen molar-refractivity contribution in [1.82, 2.24) is 9.47 Å². The molecule has 1 amide bonds. The van der Waals surface area contributed by atoms with Gasteiger partial charge in [-0.15, -0.1) is 0 Å². The number of aromatic nitrogens is 1. The number of amidine groups is 2. The zero-order valence-electron chi connectivity index (χ0n) is 13.5. The molecule has 0 saturated heterocycles. The molecule has 8 heteroatoms. The zero-order valence-corrected chi connectivity index (χ0v) is 15.9. The lowest BCUT2D eigenvalue weighted by atomic mass is 10.1. The number of aliphatic imine (C=N–C) groups is 1. The van der Waals surface area contributed by atoms with Gasteiger partial charge >= 0.3 is 0 Å². The average molecular weight is 403 g/mol. The van der Waals surface area contributed by atoms with Crippen molar-refractivity contribution in [2.75, 3.05) is 0 Å². The van der Waals surface area contributed by atoms with Gasteiger partial charge in [0.25, 0.3) is 5.91 Å². The molecule has 2 aliphatic heterocycles. The summed E-state index contributed by atoms with van der Waals surface area (Å²) in [6.45, 7) is 1.88. The molecule has 0 spiro atoms. The third-order valence-electron chi connectivity index (χ3n) is 4.04. The summed E-state index contributed by atoms with van der Waals surface area (Å²) >= 11 is 13.5. The Balaban J connectivity index is 1.77. The molecule has 5 nitrogen and oxygen atoms in total. The van der Waals surface area contributed by atoms with E-state index in [1.165, 1.54) is 11.8 Å². The number of carbonyl (C=O) groups excluding carboxylic acids is 1. The second kappa shape index (κ2) is 6.46. The molecule has 1 aromatic heterocycles. The van der Waals surface area contributed by atoms with Crippen LogP contribution in [0.15, 0.2) is 58.2 Å². The fraction of sp³-hybridized carbons (Fsp3) is 0.0556. The van der Waals surface area contributed by atoms with Gasteiger partial charge in [0.1, 0.15) is 5.84 Å². The van der Waals surface area contributed by atoms with Crippen LogP contribution in [-0.2, 0) is 4.79 Å². The van der Waals surface area contributed by atoms with Crippen molar-refractivity contribution in [3.8, 4) is 5.69 Å². The highest BCUT2D eigenvalue weighted by atomic mass is 35.5. The molecular weight excluding hydrogens is 391 g/mol. The number of nitrogens with one attached hydrogen (secondary N) is 1. The molecule has 0 saturated carbocycles. The third kappa shape index (κ3) is 2.80. The van der Waals surface area contributed by atoms with Gasteiger partial charge in [-0.25, -0.2) is 0 Å². The lowest BCUT2D eigenvalue weighted by Crippen LogP contribution is -2.37. The van der Waals surface area contributed by atoms with Gasteiger partial charge in [-0.1, -0.05) is 35.0 Å². The van der Waals surface area contributed by atoms with E-state index in [0.29, 0.717) is 15.2 Å². The summed E-state index contributed by atoms with van der Waals surface area (Å²) in [6, 6.07) is 9.02. The van der Waals surface area contributed by atoms with Crippen LogP contribution < -0.4 is 0 Å². The Labute approximate surface area is 164 Å². The number of benzene rings is 1. The topological polar surface area (TPSA) is 61.5 Å². The van der Waals surface area contributed by atoms with Gasteiger partial charge in [0, 0.05) is 23.3 Å². The van der Waals surface area contributed by atoms with E-state index in [1.54, 1.807) is 23.1 Å². The van der Waals surface area contributed by atoms with Crippen LogP contribution in [0.1, 0.15) is 12.6 Å². The molecular formula is C18H12Cl2N4OS. The highest BCUT2D eigenvalue weighted by Gasteiger charge is 2.34. The van der Waals surface area contributed by atoms with Gasteiger partial charge in [0.15, 0.2) is 5.17 Å². The molecule has 0 aliphatic carbocycles. The van der Waals surface area contributed by atoms with Crippen LogP contribution in [-0.4, -0.2) is 26.4 Å². The van der Waals surface area contributed by atoms with Crippen LogP contribution in [0.25, 0.3) is 11.8 Å². The summed E-state index contributed by atoms with van der Waals surface area (Å²) in [5, 5.41) is 11.7. The minimum absolute atomic E-state index is 0.126. The van der Waals surface area contributed by atoms with Crippen molar-refractivity contribution >= 4 is 58.0 Å². The molecule has 2 aromatic rings. The number of carbonyl (C=O) groups is 1. The molecule has 0 fully saturated rings. The smallest absolute Gasteiger partial charge is 0.283 e. The summed E-state index contributed by atoms with van der Waals surface area (Å²) < 4.78 is 1.87. The van der Waals surface area contributed by atoms with E-state index in [-0.39, 0.29) is 11.4 Å². The molecule has 2 aliphatic rings. The van der Waals surface area contributed by atoms with Crippen molar-refractivity contribution in [3.63, 3.8) is 0 Å². The lowest BCUT2D eigenvalue weighted by Gasteiger charge is -2.25. The van der Waals surface area contributed by atoms with Gasteiger partial charge < -0.3 is 4.57 Å². The highest BCUT2D eigenvalue weighted by molar-refractivity contribution is 8.16. The molecule has 26 heavy (non-hydrogen) atoms. The van der Waals surface area contributed by atoms with Gasteiger partial charge in [-0.2, -0.15) is 4.99 Å². The maximum Gasteiger partial charge on any atom is 0.283 e. The molecule has 130 valence electrons. The second-order valence-electron chi connectivity index (χ2n) is 5.72. The first-order chi connectivity index (χ1) is 12.5. The van der Waals surface area contributed by atoms with E-state index < -0.39 is 5.91 Å². The largest absolute Gasteiger partial charge is 0.317 e. The third-order valence-corrected chi connectivity index (χ3v) is 5.72. The first-order valence-electron chi connectivity index (χ1n) is 7.65. The lowest BCUT2D eigenvalue weighted by molar-refractivity contribution is -0.114. The van der Waals surface area contributed by atoms with Crippen molar-refractivity contribution < 1.29 is 4.79 Å². The minimum atomic E-state index is -0.418. The quantitative estimate of drug-likeness (QED) is 0.722. The van der Waals surface area contributed by atoms with E-state index in [2.05, 4.69) is 4.99 Å². The fourth-order valence-corrected chi connectivity index (χ4v) is 3.92. The van der Waals surface area contributed by atoms with Gasteiger partial charge in [0.05, 0.1) is 15.6 Å². The van der Waals surface area contributed by atoms with Crippen LogP contribution in [0.5, 0.6) is 0 Å². The normalized spacial score (nSPS) is 18.3. The Morgan fingerprint density at radius 2 is 2.04 bits per heavy atom. The fourth-order valence-electron chi connectivity index (χ4n) is 2.77. The van der Waals surface area contributed by atoms with Crippen molar-refractivity contribution in [1.29, 1.82) is 5.41 Å². The molecule has 1 aromatic carbocycles. The predicted molar refractivity (Wildman–Crippen MR) is 107 cm³/mol. The van der Waals surface area contributed by atoms with E-state index in [0.717, 1.165) is 17.1 Å². The van der Waals surface area contributed by atoms with Crippen LogP contribution in [0.2, 0.25) is 10.0 Å². The SMILES string of the molecule is CC1=CSC2=NC(=O)/C(=C\c3cccn3-c3ccc(Cl)c(Cl)c3)C(=N)N12. The number of halogens is 2. The molecule has 0 unspecified atom stereocenters. The summed E-state index contributed by atoms with van der Waals surface area (Å²) in [5.41, 5.74) is 2.66. The molecule has 3 heterocycles. The zero-order chi connectivity index (χ0) is 18.4. The van der Waals surface area contributed by atoms with E-state index in [1.807, 2.05) is 41.3 Å². The predicted octanol–water partition coefficient (Wildman–Crippen LogP) is 4.95. The number of nitrogens with zero attached hydrogens (tertiary/aromatic N) is 3. The maximum atomic E-state index is 12.4. The molecule has 1 N–H and O–H groups in total. The van der Waals surface area contributed by atoms with Crippen LogP contribution >= 0.6 is 35.0 Å². The van der Waals surface area contributed by atoms with Crippen LogP contribution in [0, 0.1) is 5.41 Å². The van der Waals surface area contributed by atoms with E-state index >= 15 is 0 Å². The summed E-state index contributed by atoms with van der Waals surface area (Å²) in [5.74, 6) is -0.292. The van der Waals surface area contributed by atoms with Crippen molar-refractivity contribution in [3.05, 3.63) is 68.9 Å². The highest BCUT2D eigenvalue weighted by Crippen LogP contribution is 2.32.